The Morgan fingerprint density at radius 1 is 0.593 bits per heavy atom. The van der Waals surface area contributed by atoms with Crippen molar-refractivity contribution in [2.75, 3.05) is 17.7 Å². The monoisotopic (exact) mass is 875 g/mol. The molecule has 8 rings (SSSR count). The van der Waals surface area contributed by atoms with E-state index in [4.69, 9.17) is 21.6 Å². The van der Waals surface area contributed by atoms with Gasteiger partial charge in [0.05, 0.1) is 34.6 Å². The van der Waals surface area contributed by atoms with Crippen LogP contribution in [0.3, 0.4) is 0 Å². The van der Waals surface area contributed by atoms with Crippen LogP contribution in [-0.4, -0.2) is 35.9 Å². The minimum Gasteiger partial charge on any atom is -0.377 e. The minimum atomic E-state index is -0.500. The van der Waals surface area contributed by atoms with Crippen LogP contribution >= 0.6 is 0 Å². The number of nitrogens with one attached hydrogen (secondary N) is 2. The van der Waals surface area contributed by atoms with E-state index in [0.29, 0.717) is 11.1 Å². The van der Waals surface area contributed by atoms with Crippen LogP contribution in [0.1, 0.15) is 57.5 Å². The smallest absolute Gasteiger partial charge is 0.250 e. The van der Waals surface area contributed by atoms with E-state index in [-0.39, 0.29) is 104 Å². The maximum Gasteiger partial charge on any atom is 0.250 e. The van der Waals surface area contributed by atoms with E-state index >= 15 is 0 Å². The topological polar surface area (TPSA) is 153 Å². The van der Waals surface area contributed by atoms with E-state index in [1.54, 1.807) is 0 Å². The van der Waals surface area contributed by atoms with Crippen molar-refractivity contribution in [2.45, 2.75) is 37.8 Å². The molecule has 0 aromatic heterocycles. The molecule has 0 fully saturated rings. The predicted molar refractivity (Wildman–Crippen MR) is 215 cm³/mol. The number of rotatable bonds is 4. The molecule has 11 heteroatoms. The third kappa shape index (κ3) is 10.6. The largest absolute Gasteiger partial charge is 0.377 e. The average Bonchev–Trinajstić information content (AvgIpc) is 3.72. The van der Waals surface area contributed by atoms with Crippen molar-refractivity contribution in [1.29, 1.82) is 0 Å². The molecule has 0 saturated heterocycles. The van der Waals surface area contributed by atoms with Gasteiger partial charge in [0.15, 0.2) is 7.05 Å². The summed E-state index contributed by atoms with van der Waals surface area (Å²) in [6.07, 6.45) is 16.8. The van der Waals surface area contributed by atoms with Crippen LogP contribution in [0, 0.1) is 25.0 Å². The van der Waals surface area contributed by atoms with E-state index in [1.807, 2.05) is 86.7 Å². The van der Waals surface area contributed by atoms with E-state index in [0.717, 1.165) is 51.8 Å². The fraction of sp³-hybridized carbons (Fsp3) is 0.163. The van der Waals surface area contributed by atoms with Gasteiger partial charge in [-0.25, -0.2) is 0 Å². The first-order chi connectivity index (χ1) is 24.2. The van der Waals surface area contributed by atoms with Crippen molar-refractivity contribution < 1.29 is 79.9 Å². The van der Waals surface area contributed by atoms with E-state index in [2.05, 4.69) is 71.4 Å². The molecule has 9 nitrogen and oxygen atoms in total. The summed E-state index contributed by atoms with van der Waals surface area (Å²) in [5.41, 5.74) is 20.9. The Kier molecular flexibility index (Phi) is 19.9. The zero-order valence-corrected chi connectivity index (χ0v) is 37.1. The van der Waals surface area contributed by atoms with Gasteiger partial charge in [0, 0.05) is 82.2 Å². The molecule has 2 radical (unpaired) electrons. The Bertz CT molecular complexity index is 1870. The maximum atomic E-state index is 11.8. The van der Waals surface area contributed by atoms with Gasteiger partial charge in [0.2, 0.25) is 0 Å². The van der Waals surface area contributed by atoms with Crippen LogP contribution in [0.25, 0.3) is 22.3 Å². The Labute approximate surface area is 369 Å². The Balaban J connectivity index is 0.000000443. The fourth-order valence-corrected chi connectivity index (χ4v) is 6.77. The van der Waals surface area contributed by atoms with Crippen LogP contribution < -0.4 is 22.1 Å². The van der Waals surface area contributed by atoms with Gasteiger partial charge in [0.1, 0.15) is 0 Å². The molecular weight excluding hydrogens is 828 g/mol. The molecule has 4 aromatic carbocycles. The van der Waals surface area contributed by atoms with Crippen LogP contribution in [0.2, 0.25) is 0 Å². The number of nitrogens with two attached hydrogens (primary N) is 2. The van der Waals surface area contributed by atoms with Gasteiger partial charge < -0.3 is 37.0 Å². The molecule has 54 heavy (non-hydrogen) atoms. The molecule has 2 amide bonds. The number of hydrogen-bond acceptors (Lipinski definition) is 6. The third-order valence-corrected chi connectivity index (χ3v) is 8.75. The van der Waals surface area contributed by atoms with Crippen LogP contribution in [0.5, 0.6) is 0 Å². The molecule has 6 N–H and O–H groups in total. The number of primary amides is 2. The van der Waals surface area contributed by atoms with Gasteiger partial charge >= 0.3 is 0 Å². The molecule has 0 bridgehead atoms. The van der Waals surface area contributed by atoms with Gasteiger partial charge in [-0.05, 0) is 45.5 Å². The molecule has 2 heterocycles. The van der Waals surface area contributed by atoms with Crippen molar-refractivity contribution in [2.24, 2.45) is 11.5 Å². The number of nitro groups is 1. The first-order valence-electron chi connectivity index (χ1n) is 16.6. The van der Waals surface area contributed by atoms with E-state index < -0.39 is 16.7 Å². The molecule has 2 aliphatic heterocycles. The summed E-state index contributed by atoms with van der Waals surface area (Å²) in [4.78, 5) is 31.8. The Morgan fingerprint density at radius 2 is 0.907 bits per heavy atom. The normalized spacial score (nSPS) is 17.8. The van der Waals surface area contributed by atoms with Crippen LogP contribution in [0.4, 0.5) is 11.4 Å². The molecular formula is C43H47N5O4Y2-2. The van der Waals surface area contributed by atoms with Crippen molar-refractivity contribution in [3.05, 3.63) is 181 Å². The van der Waals surface area contributed by atoms with Gasteiger partial charge in [-0.2, -0.15) is 0 Å². The number of anilines is 2. The summed E-state index contributed by atoms with van der Waals surface area (Å²) in [7, 11) is 0.889. The molecule has 276 valence electrons. The Morgan fingerprint density at radius 3 is 1.22 bits per heavy atom. The van der Waals surface area contributed by atoms with E-state index in [9.17, 15) is 9.59 Å². The second-order valence-electron chi connectivity index (χ2n) is 11.7. The number of amides is 2. The van der Waals surface area contributed by atoms with E-state index in [1.165, 1.54) is 0 Å². The quantitative estimate of drug-likeness (QED) is 0.0915. The van der Waals surface area contributed by atoms with Crippen molar-refractivity contribution in [1.82, 2.24) is 0 Å². The second kappa shape index (κ2) is 22.4. The van der Waals surface area contributed by atoms with Crippen molar-refractivity contribution >= 4 is 23.2 Å². The zero-order chi connectivity index (χ0) is 35.8. The summed E-state index contributed by atoms with van der Waals surface area (Å²) in [6.45, 7) is 4.00. The summed E-state index contributed by atoms with van der Waals surface area (Å²) in [6, 6.07) is 28.5. The number of carbonyl (C=O) groups is 2. The van der Waals surface area contributed by atoms with Crippen LogP contribution in [0.15, 0.2) is 134 Å². The molecule has 4 aliphatic rings. The van der Waals surface area contributed by atoms with Gasteiger partial charge in [-0.1, -0.05) is 135 Å². The number of allylic oxidation sites excluding steroid dienone is 4. The van der Waals surface area contributed by atoms with Gasteiger partial charge in [-0.15, -0.1) is 0 Å². The average molecular weight is 876 g/mol. The zero-order valence-electron chi connectivity index (χ0n) is 31.4. The summed E-state index contributed by atoms with van der Waals surface area (Å²) in [5.74, 6) is -0.325. The molecule has 0 spiro atoms. The molecule has 2 aliphatic carbocycles. The number of hydrogen-bond donors (Lipinski definition) is 4. The summed E-state index contributed by atoms with van der Waals surface area (Å²) < 4.78 is 0. The van der Waals surface area contributed by atoms with Gasteiger partial charge in [-0.3, -0.25) is 19.7 Å². The summed E-state index contributed by atoms with van der Waals surface area (Å²) in [5, 5.41) is 15.7. The molecule has 4 aromatic rings. The first-order valence-corrected chi connectivity index (χ1v) is 16.6. The number of benzene rings is 4. The molecule has 4 unspecified atom stereocenters. The maximum absolute atomic E-state index is 11.8. The number of carbonyl (C=O) groups excluding carboxylic acids is 2. The predicted octanol–water partition coefficient (Wildman–Crippen LogP) is 8.73. The Hall–Kier alpha value is -4.01. The molecule has 4 atom stereocenters. The van der Waals surface area contributed by atoms with Crippen molar-refractivity contribution in [3.8, 4) is 22.3 Å². The number of nitrogens with zero attached hydrogens (tertiary/aromatic N) is 1. The minimum absolute atomic E-state index is 0. The summed E-state index contributed by atoms with van der Waals surface area (Å²) >= 11 is 0. The number of fused-ring (bicyclic) bond motifs is 6. The molecule has 0 saturated carbocycles. The SMILES string of the molecule is CC.C[N+](=O)[O-].NC(=O)c1ccc(-c2ccccc2)c2c1NC1C=CC=CC21.NC(=O)c1ccc(-c2ccccc2)c2c1NC1C=CC=CC21.[CH3-].[CH3-].[Y].[Y]. The fourth-order valence-electron chi connectivity index (χ4n) is 6.77. The van der Waals surface area contributed by atoms with Crippen LogP contribution in [-0.2, 0) is 65.4 Å². The third-order valence-electron chi connectivity index (χ3n) is 8.75. The standard InChI is InChI=1S/2C19H16N2O.C2H6.CH3NO2.2CH3.2Y/c2*20-19(22)15-11-10-13(12-6-2-1-3-7-12)17-14-8-4-5-9-16(14)21-18(15)17;1-2;1-2(3)4;;;;/h2*1-11,14,16,21H,(H2,20,22);1-2H3;1H3;2*1H3;;/q;;;;2*-1;;. The van der Waals surface area contributed by atoms with Gasteiger partial charge in [0.25, 0.3) is 11.8 Å². The second-order valence-corrected chi connectivity index (χ2v) is 11.7. The first kappa shape index (κ1) is 48.0. The van der Waals surface area contributed by atoms with Crippen molar-refractivity contribution in [3.63, 3.8) is 0 Å².